The summed E-state index contributed by atoms with van der Waals surface area (Å²) in [5, 5.41) is 4.12. The molecule has 0 saturated carbocycles. The highest BCUT2D eigenvalue weighted by molar-refractivity contribution is 8.27. The number of hydrogen-bond donors (Lipinski definition) is 2. The molecule has 0 spiro atoms. The van der Waals surface area contributed by atoms with Gasteiger partial charge in [-0.05, 0) is 92.0 Å². The number of halogens is 1. The molecule has 2 N–H and O–H groups in total. The summed E-state index contributed by atoms with van der Waals surface area (Å²) < 4.78 is 19.1. The number of aryl methyl sites for hydroxylation is 3. The second-order valence-electron chi connectivity index (χ2n) is 13.8. The minimum atomic E-state index is -1.60. The van der Waals surface area contributed by atoms with Crippen LogP contribution in [0.5, 0.6) is 5.75 Å². The van der Waals surface area contributed by atoms with E-state index in [0.717, 1.165) is 67.4 Å². The van der Waals surface area contributed by atoms with E-state index in [0.29, 0.717) is 25.7 Å². The second kappa shape index (κ2) is 12.2. The van der Waals surface area contributed by atoms with Crippen molar-refractivity contribution < 1.29 is 18.7 Å². The maximum absolute atomic E-state index is 14.1. The molecule has 6 nitrogen and oxygen atoms in total. The number of amides is 1. The number of nitrogens with zero attached hydrogens (tertiary/aromatic N) is 1. The first kappa shape index (κ1) is 32.6. The minimum absolute atomic E-state index is 0.0144. The predicted octanol–water partition coefficient (Wildman–Crippen LogP) is 7.23. The van der Waals surface area contributed by atoms with Gasteiger partial charge in [-0.25, -0.2) is 4.39 Å². The summed E-state index contributed by atoms with van der Waals surface area (Å²) in [6.07, 6.45) is 2.81. The van der Waals surface area contributed by atoms with E-state index >= 15 is 0 Å². The molecule has 0 radical (unpaired) electrons. The number of fused-ring (bicyclic) bond motifs is 6. The number of aromatic amines is 1. The summed E-state index contributed by atoms with van der Waals surface area (Å²) in [6, 6.07) is 18.6. The third kappa shape index (κ3) is 5.75. The Morgan fingerprint density at radius 3 is 2.54 bits per heavy atom. The van der Waals surface area contributed by atoms with Crippen LogP contribution in [-0.4, -0.2) is 68.4 Å². The van der Waals surface area contributed by atoms with Crippen LogP contribution in [0, 0.1) is 5.82 Å². The van der Waals surface area contributed by atoms with Gasteiger partial charge in [-0.3, -0.25) is 9.59 Å². The van der Waals surface area contributed by atoms with Crippen LogP contribution in [0.1, 0.15) is 43.4 Å². The van der Waals surface area contributed by atoms with Gasteiger partial charge in [0, 0.05) is 44.6 Å². The van der Waals surface area contributed by atoms with E-state index in [2.05, 4.69) is 65.6 Å². The van der Waals surface area contributed by atoms with Crippen LogP contribution in [0.3, 0.4) is 0 Å². The molecular weight excluding hydrogens is 642 g/mol. The van der Waals surface area contributed by atoms with E-state index in [-0.39, 0.29) is 39.7 Å². The highest BCUT2D eigenvalue weighted by Crippen LogP contribution is 2.54. The number of thioether (sulfide) groups is 1. The van der Waals surface area contributed by atoms with Crippen molar-refractivity contribution in [2.75, 3.05) is 12.9 Å². The summed E-state index contributed by atoms with van der Waals surface area (Å²) in [5.41, 5.74) is 7.08. The fourth-order valence-electron chi connectivity index (χ4n) is 7.52. The van der Waals surface area contributed by atoms with Crippen molar-refractivity contribution in [3.8, 4) is 17.0 Å². The van der Waals surface area contributed by atoms with Crippen molar-refractivity contribution in [2.45, 2.75) is 73.1 Å². The van der Waals surface area contributed by atoms with Gasteiger partial charge in [-0.2, -0.15) is 9.21 Å². The fraction of sp³-hybridized carbons (Fsp3) is 0.333. The maximum Gasteiger partial charge on any atom is 0.220 e. The molecule has 4 aromatic rings. The van der Waals surface area contributed by atoms with Crippen molar-refractivity contribution >= 4 is 55.3 Å². The van der Waals surface area contributed by atoms with E-state index in [1.54, 1.807) is 31.0 Å². The molecule has 1 amide bonds. The lowest BCUT2D eigenvalue weighted by Crippen LogP contribution is -2.64. The molecule has 0 aliphatic carbocycles. The molecule has 9 heteroatoms. The predicted molar refractivity (Wildman–Crippen MR) is 199 cm³/mol. The van der Waals surface area contributed by atoms with E-state index < -0.39 is 9.21 Å². The third-order valence-electron chi connectivity index (χ3n) is 10.1. The molecule has 3 unspecified atom stereocenters. The van der Waals surface area contributed by atoms with E-state index in [1.165, 1.54) is 6.07 Å². The topological polar surface area (TPSA) is 74.4 Å². The van der Waals surface area contributed by atoms with Crippen molar-refractivity contribution in [1.29, 1.82) is 0 Å². The largest absolute Gasteiger partial charge is 0.497 e. The molecule has 3 atom stereocenters. The van der Waals surface area contributed by atoms with E-state index in [1.807, 2.05) is 24.3 Å². The van der Waals surface area contributed by atoms with Crippen LogP contribution in [0.25, 0.3) is 22.2 Å². The van der Waals surface area contributed by atoms with Crippen molar-refractivity contribution in [2.24, 2.45) is 0 Å². The first-order valence-corrected chi connectivity index (χ1v) is 19.4. The maximum atomic E-state index is 14.1. The molecule has 1 aromatic heterocycles. The average Bonchev–Trinajstić information content (AvgIpc) is 3.51. The van der Waals surface area contributed by atoms with Crippen molar-refractivity contribution in [1.82, 2.24) is 15.2 Å². The number of Topliss-reactive ketones (excluding diaryl/α,β-unsaturated/α-hetero) is 1. The quantitative estimate of drug-likeness (QED) is 0.182. The highest BCUT2D eigenvalue weighted by Gasteiger charge is 2.60. The van der Waals surface area contributed by atoms with Crippen molar-refractivity contribution in [3.05, 3.63) is 95.4 Å². The number of H-pyrrole nitrogens is 1. The van der Waals surface area contributed by atoms with Gasteiger partial charge < -0.3 is 19.9 Å². The molecule has 4 heterocycles. The summed E-state index contributed by atoms with van der Waals surface area (Å²) >= 11 is 1.74. The summed E-state index contributed by atoms with van der Waals surface area (Å²) in [4.78, 5) is 33.6. The van der Waals surface area contributed by atoms with Gasteiger partial charge in [0.15, 0.2) is 5.78 Å². The van der Waals surface area contributed by atoms with Crippen LogP contribution >= 0.6 is 21.0 Å². The summed E-state index contributed by atoms with van der Waals surface area (Å²) in [6.45, 7) is 8.52. The Morgan fingerprint density at radius 1 is 1.06 bits per heavy atom. The molecule has 3 aliphatic rings. The molecule has 0 bridgehead atoms. The third-order valence-corrected chi connectivity index (χ3v) is 13.9. The Balaban J connectivity index is 0.998. The van der Waals surface area contributed by atoms with Gasteiger partial charge in [0.2, 0.25) is 5.91 Å². The number of hydrogen-bond acceptors (Lipinski definition) is 5. The second-order valence-corrected chi connectivity index (χ2v) is 18.5. The summed E-state index contributed by atoms with van der Waals surface area (Å²) in [7, 11) is 0.0421. The number of carbonyl (C=O) groups is 2. The standard InChI is InChI=1S/C39H42FN3O3S2/c1-23-35(38-43(23)37(39(2,3)47-38)32(44)17-10-24-7-13-27(46-4)14-8-24)42-34(45)18-11-25-9-15-29-33(21-25)48(5,6)20-19-28-30-22-26(40)12-16-31(30)41-36(28)29/h7-9,12-16,21-22,35,37-38,41H,1,5-6,10-11,17-20H2,2-4H3,(H,42,45). The van der Waals surface area contributed by atoms with Gasteiger partial charge in [0.1, 0.15) is 23.0 Å². The lowest BCUT2D eigenvalue weighted by atomic mass is 9.89. The molecule has 3 aromatic carbocycles. The van der Waals surface area contributed by atoms with Gasteiger partial charge in [-0.1, -0.05) is 42.6 Å². The van der Waals surface area contributed by atoms with Gasteiger partial charge >= 0.3 is 0 Å². The lowest BCUT2D eigenvalue weighted by molar-refractivity contribution is -0.126. The molecule has 7 rings (SSSR count). The molecule has 2 fully saturated rings. The van der Waals surface area contributed by atoms with Gasteiger partial charge in [0.25, 0.3) is 0 Å². The Bertz CT molecular complexity index is 2070. The Kier molecular flexibility index (Phi) is 8.27. The Hall–Kier alpha value is -3.95. The first-order chi connectivity index (χ1) is 22.9. The number of ether oxygens (including phenoxy) is 1. The Labute approximate surface area is 286 Å². The number of nitrogens with one attached hydrogen (secondary N) is 2. The van der Waals surface area contributed by atoms with Crippen molar-refractivity contribution in [3.63, 3.8) is 0 Å². The van der Waals surface area contributed by atoms with Crippen LogP contribution in [-0.2, 0) is 28.9 Å². The molecule has 250 valence electrons. The summed E-state index contributed by atoms with van der Waals surface area (Å²) in [5.74, 6) is 10.6. The smallest absolute Gasteiger partial charge is 0.220 e. The van der Waals surface area contributed by atoms with E-state index in [4.69, 9.17) is 4.74 Å². The van der Waals surface area contributed by atoms with Gasteiger partial charge in [0.05, 0.1) is 18.8 Å². The van der Waals surface area contributed by atoms with E-state index in [9.17, 15) is 14.0 Å². The monoisotopic (exact) mass is 683 g/mol. The molecule has 3 aliphatic heterocycles. The van der Waals surface area contributed by atoms with Crippen LogP contribution in [0.15, 0.2) is 77.8 Å². The minimum Gasteiger partial charge on any atom is -0.497 e. The number of carbonyl (C=O) groups excluding carboxylic acids is 2. The normalized spacial score (nSPS) is 21.9. The number of methoxy groups -OCH3 is 1. The Morgan fingerprint density at radius 2 is 1.79 bits per heavy atom. The van der Waals surface area contributed by atoms with Gasteiger partial charge in [-0.15, -0.1) is 11.8 Å². The number of ketones is 1. The highest BCUT2D eigenvalue weighted by atomic mass is 32.2. The molecular formula is C39H42FN3O3S2. The van der Waals surface area contributed by atoms with Crippen LogP contribution < -0.4 is 10.1 Å². The first-order valence-electron chi connectivity index (χ1n) is 16.4. The zero-order chi connectivity index (χ0) is 34.0. The molecule has 2 saturated heterocycles. The number of aromatic nitrogens is 1. The lowest BCUT2D eigenvalue weighted by Gasteiger charge is -2.49. The SMILES string of the molecule is C=C1C(NC(=O)CCc2ccc3c(c2)S(=C)(=C)CCc2c-3[nH]c3ccc(F)cc23)C2SC(C)(C)C(C(=O)CCc3ccc(OC)cc3)N12. The van der Waals surface area contributed by atoms with Crippen LogP contribution in [0.2, 0.25) is 0 Å². The average molecular weight is 684 g/mol. The number of benzene rings is 3. The number of rotatable bonds is 9. The zero-order valence-electron chi connectivity index (χ0n) is 27.7. The van der Waals surface area contributed by atoms with Crippen LogP contribution in [0.4, 0.5) is 4.39 Å². The molecule has 48 heavy (non-hydrogen) atoms. The zero-order valence-corrected chi connectivity index (χ0v) is 29.4. The fourth-order valence-corrected chi connectivity index (χ4v) is 11.1.